The Hall–Kier alpha value is -1.98. The fourth-order valence-electron chi connectivity index (χ4n) is 1.43. The SMILES string of the molecule is O=C(CCNC(=O)c1ccc(F)nc1)NC1CC1. The average Bonchev–Trinajstić information content (AvgIpc) is 3.13. The summed E-state index contributed by atoms with van der Waals surface area (Å²) in [6, 6.07) is 2.80. The molecule has 96 valence electrons. The summed E-state index contributed by atoms with van der Waals surface area (Å²) in [4.78, 5) is 26.3. The molecule has 1 fully saturated rings. The van der Waals surface area contributed by atoms with Crippen LogP contribution >= 0.6 is 0 Å². The Labute approximate surface area is 104 Å². The van der Waals surface area contributed by atoms with Gasteiger partial charge < -0.3 is 10.6 Å². The number of carbonyl (C=O) groups excluding carboxylic acids is 2. The smallest absolute Gasteiger partial charge is 0.252 e. The van der Waals surface area contributed by atoms with Crippen LogP contribution in [-0.4, -0.2) is 29.4 Å². The second kappa shape index (κ2) is 5.57. The molecule has 0 unspecified atom stereocenters. The normalized spacial score (nSPS) is 14.1. The number of rotatable bonds is 5. The Kier molecular flexibility index (Phi) is 3.86. The van der Waals surface area contributed by atoms with E-state index in [1.54, 1.807) is 0 Å². The molecule has 1 saturated carbocycles. The number of pyridine rings is 1. The first kappa shape index (κ1) is 12.5. The van der Waals surface area contributed by atoms with Gasteiger partial charge in [0.05, 0.1) is 5.56 Å². The van der Waals surface area contributed by atoms with Crippen molar-refractivity contribution >= 4 is 11.8 Å². The number of amides is 2. The maximum Gasteiger partial charge on any atom is 0.252 e. The van der Waals surface area contributed by atoms with Crippen molar-refractivity contribution in [2.75, 3.05) is 6.54 Å². The summed E-state index contributed by atoms with van der Waals surface area (Å²) in [5.41, 5.74) is 0.277. The van der Waals surface area contributed by atoms with Gasteiger partial charge in [0.2, 0.25) is 11.9 Å². The summed E-state index contributed by atoms with van der Waals surface area (Å²) < 4.78 is 12.5. The molecule has 1 aliphatic rings. The second-order valence-corrected chi connectivity index (χ2v) is 4.22. The molecule has 0 bridgehead atoms. The zero-order valence-electron chi connectivity index (χ0n) is 9.78. The van der Waals surface area contributed by atoms with E-state index >= 15 is 0 Å². The third kappa shape index (κ3) is 3.80. The second-order valence-electron chi connectivity index (χ2n) is 4.22. The molecule has 5 nitrogen and oxygen atoms in total. The quantitative estimate of drug-likeness (QED) is 0.754. The highest BCUT2D eigenvalue weighted by Crippen LogP contribution is 2.18. The van der Waals surface area contributed by atoms with Gasteiger partial charge in [0, 0.05) is 25.2 Å². The summed E-state index contributed by atoms with van der Waals surface area (Å²) >= 11 is 0. The molecule has 1 aromatic heterocycles. The predicted molar refractivity (Wildman–Crippen MR) is 62.3 cm³/mol. The van der Waals surface area contributed by atoms with E-state index in [0.29, 0.717) is 6.04 Å². The molecule has 1 aliphatic carbocycles. The van der Waals surface area contributed by atoms with Gasteiger partial charge >= 0.3 is 0 Å². The highest BCUT2D eigenvalue weighted by Gasteiger charge is 2.22. The number of nitrogens with zero attached hydrogens (tertiary/aromatic N) is 1. The lowest BCUT2D eigenvalue weighted by molar-refractivity contribution is -0.121. The summed E-state index contributed by atoms with van der Waals surface area (Å²) in [7, 11) is 0. The van der Waals surface area contributed by atoms with Crippen molar-refractivity contribution in [3.05, 3.63) is 29.8 Å². The lowest BCUT2D eigenvalue weighted by Crippen LogP contribution is -2.31. The van der Waals surface area contributed by atoms with E-state index in [9.17, 15) is 14.0 Å². The molecule has 0 saturated heterocycles. The Bertz CT molecular complexity index is 443. The number of nitrogens with one attached hydrogen (secondary N) is 2. The highest BCUT2D eigenvalue weighted by atomic mass is 19.1. The minimum Gasteiger partial charge on any atom is -0.353 e. The molecule has 1 heterocycles. The first-order valence-corrected chi connectivity index (χ1v) is 5.84. The molecule has 6 heteroatoms. The maximum atomic E-state index is 12.5. The molecule has 2 N–H and O–H groups in total. The van der Waals surface area contributed by atoms with Gasteiger partial charge in [0.1, 0.15) is 0 Å². The Morgan fingerprint density at radius 2 is 2.17 bits per heavy atom. The van der Waals surface area contributed by atoms with Crippen molar-refractivity contribution < 1.29 is 14.0 Å². The van der Waals surface area contributed by atoms with Crippen molar-refractivity contribution in [1.29, 1.82) is 0 Å². The summed E-state index contributed by atoms with van der Waals surface area (Å²) in [5.74, 6) is -1.05. The van der Waals surface area contributed by atoms with E-state index in [1.807, 2.05) is 0 Å². The molecule has 2 rings (SSSR count). The van der Waals surface area contributed by atoms with Crippen LogP contribution in [0.1, 0.15) is 29.6 Å². The van der Waals surface area contributed by atoms with Gasteiger partial charge in [-0.05, 0) is 25.0 Å². The van der Waals surface area contributed by atoms with Crippen LogP contribution in [0.15, 0.2) is 18.3 Å². The van der Waals surface area contributed by atoms with E-state index in [-0.39, 0.29) is 30.3 Å². The summed E-state index contributed by atoms with van der Waals surface area (Å²) in [6.07, 6.45) is 3.49. The molecule has 1 aromatic rings. The summed E-state index contributed by atoms with van der Waals surface area (Å²) in [6.45, 7) is 0.259. The first-order valence-electron chi connectivity index (χ1n) is 5.84. The monoisotopic (exact) mass is 251 g/mol. The largest absolute Gasteiger partial charge is 0.353 e. The lowest BCUT2D eigenvalue weighted by Gasteiger charge is -2.05. The molecule has 2 amide bonds. The van der Waals surface area contributed by atoms with E-state index in [1.165, 1.54) is 6.07 Å². The molecule has 0 atom stereocenters. The van der Waals surface area contributed by atoms with Gasteiger partial charge in [-0.1, -0.05) is 0 Å². The standard InChI is InChI=1S/C12H14FN3O2/c13-10-4-1-8(7-15-10)12(18)14-6-5-11(17)16-9-2-3-9/h1,4,7,9H,2-3,5-6H2,(H,14,18)(H,16,17). The number of halogens is 1. The molecule has 0 aromatic carbocycles. The highest BCUT2D eigenvalue weighted by molar-refractivity contribution is 5.94. The zero-order valence-corrected chi connectivity index (χ0v) is 9.78. The molecular weight excluding hydrogens is 237 g/mol. The fourth-order valence-corrected chi connectivity index (χ4v) is 1.43. The van der Waals surface area contributed by atoms with Crippen LogP contribution < -0.4 is 10.6 Å². The lowest BCUT2D eigenvalue weighted by atomic mass is 10.2. The Balaban J connectivity index is 1.70. The maximum absolute atomic E-state index is 12.5. The topological polar surface area (TPSA) is 71.1 Å². The first-order chi connectivity index (χ1) is 8.65. The van der Waals surface area contributed by atoms with E-state index in [0.717, 1.165) is 25.1 Å². The van der Waals surface area contributed by atoms with Crippen LogP contribution in [0.4, 0.5) is 4.39 Å². The van der Waals surface area contributed by atoms with E-state index in [4.69, 9.17) is 0 Å². The van der Waals surface area contributed by atoms with Crippen LogP contribution in [0.2, 0.25) is 0 Å². The number of hydrogen-bond donors (Lipinski definition) is 2. The van der Waals surface area contributed by atoms with Gasteiger partial charge in [-0.25, -0.2) is 4.98 Å². The predicted octanol–water partition coefficient (Wildman–Crippen LogP) is 0.619. The van der Waals surface area contributed by atoms with Crippen molar-refractivity contribution in [3.63, 3.8) is 0 Å². The van der Waals surface area contributed by atoms with Crippen LogP contribution in [-0.2, 0) is 4.79 Å². The number of hydrogen-bond acceptors (Lipinski definition) is 3. The van der Waals surface area contributed by atoms with Crippen molar-refractivity contribution in [3.8, 4) is 0 Å². The van der Waals surface area contributed by atoms with Gasteiger partial charge in [-0.3, -0.25) is 9.59 Å². The number of carbonyl (C=O) groups is 2. The van der Waals surface area contributed by atoms with Crippen LogP contribution in [0.5, 0.6) is 0 Å². The summed E-state index contributed by atoms with van der Waals surface area (Å²) in [5, 5.41) is 5.40. The average molecular weight is 251 g/mol. The number of aromatic nitrogens is 1. The zero-order chi connectivity index (χ0) is 13.0. The molecule has 0 aliphatic heterocycles. The Morgan fingerprint density at radius 3 is 2.78 bits per heavy atom. The van der Waals surface area contributed by atoms with Gasteiger partial charge in [0.25, 0.3) is 5.91 Å². The molecule has 0 radical (unpaired) electrons. The fraction of sp³-hybridized carbons (Fsp3) is 0.417. The van der Waals surface area contributed by atoms with Gasteiger partial charge in [-0.15, -0.1) is 0 Å². The van der Waals surface area contributed by atoms with Crippen molar-refractivity contribution in [2.45, 2.75) is 25.3 Å². The van der Waals surface area contributed by atoms with Crippen LogP contribution in [0.25, 0.3) is 0 Å². The minimum atomic E-state index is -0.629. The molecule has 0 spiro atoms. The minimum absolute atomic E-state index is 0.0602. The molecule has 18 heavy (non-hydrogen) atoms. The third-order valence-corrected chi connectivity index (χ3v) is 2.57. The van der Waals surface area contributed by atoms with Crippen molar-refractivity contribution in [2.24, 2.45) is 0 Å². The Morgan fingerprint density at radius 1 is 1.39 bits per heavy atom. The van der Waals surface area contributed by atoms with Crippen LogP contribution in [0, 0.1) is 5.95 Å². The molecular formula is C12H14FN3O2. The third-order valence-electron chi connectivity index (χ3n) is 2.57. The van der Waals surface area contributed by atoms with E-state index < -0.39 is 5.95 Å². The van der Waals surface area contributed by atoms with Gasteiger partial charge in [0.15, 0.2) is 0 Å². The van der Waals surface area contributed by atoms with E-state index in [2.05, 4.69) is 15.6 Å². The van der Waals surface area contributed by atoms with Crippen LogP contribution in [0.3, 0.4) is 0 Å². The van der Waals surface area contributed by atoms with Gasteiger partial charge in [-0.2, -0.15) is 4.39 Å². The van der Waals surface area contributed by atoms with Crippen molar-refractivity contribution in [1.82, 2.24) is 15.6 Å².